The Hall–Kier alpha value is -0.860. The van der Waals surface area contributed by atoms with Crippen molar-refractivity contribution in [2.75, 3.05) is 0 Å². The van der Waals surface area contributed by atoms with Crippen molar-refractivity contribution >= 4 is 27.5 Å². The van der Waals surface area contributed by atoms with Crippen molar-refractivity contribution < 1.29 is 4.39 Å². The molecule has 1 unspecified atom stereocenters. The maximum atomic E-state index is 13.7. The standard InChI is InChI=1S/C15H13BrClF/c1-10-3-2-4-11(7-10)8-14(16)13-9-12(17)5-6-15(13)18/h2-7,9,14H,8H2,1H3. The normalized spacial score (nSPS) is 12.4. The minimum atomic E-state index is -0.228. The fourth-order valence-electron chi connectivity index (χ4n) is 1.91. The number of alkyl halides is 1. The molecule has 0 heterocycles. The maximum Gasteiger partial charge on any atom is 0.127 e. The second-order valence-corrected chi connectivity index (χ2v) is 5.87. The van der Waals surface area contributed by atoms with Gasteiger partial charge in [-0.2, -0.15) is 0 Å². The molecule has 0 aliphatic heterocycles. The minimum absolute atomic E-state index is 0.0713. The highest BCUT2D eigenvalue weighted by molar-refractivity contribution is 9.09. The summed E-state index contributed by atoms with van der Waals surface area (Å²) in [6, 6.07) is 12.9. The summed E-state index contributed by atoms with van der Waals surface area (Å²) in [5, 5.41) is 0.556. The summed E-state index contributed by atoms with van der Waals surface area (Å²) in [6.45, 7) is 2.05. The van der Waals surface area contributed by atoms with Gasteiger partial charge >= 0.3 is 0 Å². The highest BCUT2D eigenvalue weighted by Crippen LogP contribution is 2.31. The van der Waals surface area contributed by atoms with Crippen LogP contribution in [0.4, 0.5) is 4.39 Å². The molecule has 0 fully saturated rings. The van der Waals surface area contributed by atoms with E-state index in [1.54, 1.807) is 12.1 Å². The monoisotopic (exact) mass is 326 g/mol. The van der Waals surface area contributed by atoms with Gasteiger partial charge < -0.3 is 0 Å². The minimum Gasteiger partial charge on any atom is -0.207 e. The van der Waals surface area contributed by atoms with E-state index in [1.165, 1.54) is 17.2 Å². The quantitative estimate of drug-likeness (QED) is 0.656. The highest BCUT2D eigenvalue weighted by Gasteiger charge is 2.13. The molecule has 2 aromatic rings. The first-order chi connectivity index (χ1) is 8.56. The summed E-state index contributed by atoms with van der Waals surface area (Å²) in [7, 11) is 0. The Kier molecular flexibility index (Phi) is 4.41. The predicted octanol–water partition coefficient (Wildman–Crippen LogP) is 5.47. The van der Waals surface area contributed by atoms with E-state index in [0.717, 1.165) is 6.42 Å². The summed E-state index contributed by atoms with van der Waals surface area (Å²) in [4.78, 5) is -0.0713. The number of rotatable bonds is 3. The van der Waals surface area contributed by atoms with Crippen LogP contribution in [0.2, 0.25) is 5.02 Å². The first-order valence-electron chi connectivity index (χ1n) is 5.71. The maximum absolute atomic E-state index is 13.7. The molecule has 0 amide bonds. The van der Waals surface area contributed by atoms with E-state index in [2.05, 4.69) is 22.0 Å². The SMILES string of the molecule is Cc1cccc(CC(Br)c2cc(Cl)ccc2F)c1. The van der Waals surface area contributed by atoms with E-state index in [-0.39, 0.29) is 10.6 Å². The smallest absolute Gasteiger partial charge is 0.127 e. The Morgan fingerprint density at radius 2 is 2.00 bits per heavy atom. The molecule has 0 aliphatic carbocycles. The van der Waals surface area contributed by atoms with Gasteiger partial charge in [-0.25, -0.2) is 4.39 Å². The molecule has 0 nitrogen and oxygen atoms in total. The van der Waals surface area contributed by atoms with Crippen LogP contribution in [0.15, 0.2) is 42.5 Å². The van der Waals surface area contributed by atoms with Crippen molar-refractivity contribution in [3.05, 3.63) is 70.0 Å². The van der Waals surface area contributed by atoms with E-state index in [9.17, 15) is 4.39 Å². The van der Waals surface area contributed by atoms with Gasteiger partial charge in [-0.05, 0) is 37.1 Å². The Labute approximate surface area is 120 Å². The van der Waals surface area contributed by atoms with Crippen LogP contribution < -0.4 is 0 Å². The van der Waals surface area contributed by atoms with Crippen LogP contribution in [0, 0.1) is 12.7 Å². The lowest BCUT2D eigenvalue weighted by Gasteiger charge is -2.12. The van der Waals surface area contributed by atoms with Crippen LogP contribution in [0.3, 0.4) is 0 Å². The van der Waals surface area contributed by atoms with Gasteiger partial charge in [-0.15, -0.1) is 0 Å². The Balaban J connectivity index is 2.21. The molecule has 0 saturated heterocycles. The Bertz CT molecular complexity index is 554. The van der Waals surface area contributed by atoms with E-state index >= 15 is 0 Å². The van der Waals surface area contributed by atoms with Crippen molar-refractivity contribution in [3.8, 4) is 0 Å². The van der Waals surface area contributed by atoms with Crippen molar-refractivity contribution in [3.63, 3.8) is 0 Å². The molecule has 0 spiro atoms. The van der Waals surface area contributed by atoms with E-state index < -0.39 is 0 Å². The van der Waals surface area contributed by atoms with E-state index in [4.69, 9.17) is 11.6 Å². The molecule has 0 saturated carbocycles. The number of aryl methyl sites for hydroxylation is 1. The van der Waals surface area contributed by atoms with Gasteiger partial charge in [-0.1, -0.05) is 57.4 Å². The van der Waals surface area contributed by atoms with E-state index in [0.29, 0.717) is 10.6 Å². The topological polar surface area (TPSA) is 0 Å². The number of hydrogen-bond acceptors (Lipinski definition) is 0. The molecule has 1 atom stereocenters. The van der Waals surface area contributed by atoms with Crippen molar-refractivity contribution in [1.82, 2.24) is 0 Å². The van der Waals surface area contributed by atoms with Crippen LogP contribution >= 0.6 is 27.5 Å². The highest BCUT2D eigenvalue weighted by atomic mass is 79.9. The fourth-order valence-corrected chi connectivity index (χ4v) is 2.82. The summed E-state index contributed by atoms with van der Waals surface area (Å²) in [5.74, 6) is -0.228. The third-order valence-electron chi connectivity index (χ3n) is 2.79. The average Bonchev–Trinajstić information content (AvgIpc) is 2.32. The van der Waals surface area contributed by atoms with E-state index in [1.807, 2.05) is 25.1 Å². The lowest BCUT2D eigenvalue weighted by Crippen LogP contribution is -1.99. The number of hydrogen-bond donors (Lipinski definition) is 0. The van der Waals surface area contributed by atoms with Gasteiger partial charge in [0.15, 0.2) is 0 Å². The van der Waals surface area contributed by atoms with Crippen LogP contribution in [-0.4, -0.2) is 0 Å². The second-order valence-electron chi connectivity index (χ2n) is 4.33. The van der Waals surface area contributed by atoms with Crippen molar-refractivity contribution in [1.29, 1.82) is 0 Å². The zero-order valence-electron chi connectivity index (χ0n) is 9.96. The van der Waals surface area contributed by atoms with Crippen molar-refractivity contribution in [2.24, 2.45) is 0 Å². The van der Waals surface area contributed by atoms with Crippen LogP contribution in [0.25, 0.3) is 0 Å². The molecule has 3 heteroatoms. The van der Waals surface area contributed by atoms with Crippen LogP contribution in [0.1, 0.15) is 21.5 Å². The van der Waals surface area contributed by atoms with Gasteiger partial charge in [0.1, 0.15) is 5.82 Å². The molecule has 0 aromatic heterocycles. The summed E-state index contributed by atoms with van der Waals surface area (Å²) in [5.41, 5.74) is 2.99. The Morgan fingerprint density at radius 1 is 1.22 bits per heavy atom. The van der Waals surface area contributed by atoms with Gasteiger partial charge in [-0.3, -0.25) is 0 Å². The Morgan fingerprint density at radius 3 is 2.72 bits per heavy atom. The number of halogens is 3. The summed E-state index contributed by atoms with van der Waals surface area (Å²) < 4.78 is 13.7. The molecule has 18 heavy (non-hydrogen) atoms. The first-order valence-corrected chi connectivity index (χ1v) is 7.00. The molecule has 0 N–H and O–H groups in total. The third-order valence-corrected chi connectivity index (χ3v) is 3.84. The lowest BCUT2D eigenvalue weighted by atomic mass is 10.0. The molecule has 0 bridgehead atoms. The third kappa shape index (κ3) is 3.33. The molecule has 94 valence electrons. The van der Waals surface area contributed by atoms with Gasteiger partial charge in [0, 0.05) is 15.4 Å². The van der Waals surface area contributed by atoms with Crippen LogP contribution in [0.5, 0.6) is 0 Å². The predicted molar refractivity (Wildman–Crippen MR) is 78.0 cm³/mol. The van der Waals surface area contributed by atoms with Crippen molar-refractivity contribution in [2.45, 2.75) is 18.2 Å². The zero-order valence-corrected chi connectivity index (χ0v) is 12.3. The second kappa shape index (κ2) is 5.85. The zero-order chi connectivity index (χ0) is 13.1. The molecule has 2 rings (SSSR count). The molecule has 0 aliphatic rings. The first kappa shape index (κ1) is 13.6. The largest absolute Gasteiger partial charge is 0.207 e. The van der Waals surface area contributed by atoms with Gasteiger partial charge in [0.05, 0.1) is 0 Å². The van der Waals surface area contributed by atoms with Gasteiger partial charge in [0.25, 0.3) is 0 Å². The lowest BCUT2D eigenvalue weighted by molar-refractivity contribution is 0.608. The molecular weight excluding hydrogens is 315 g/mol. The fraction of sp³-hybridized carbons (Fsp3) is 0.200. The molecular formula is C15H13BrClF. The summed E-state index contributed by atoms with van der Waals surface area (Å²) in [6.07, 6.45) is 0.735. The van der Waals surface area contributed by atoms with Gasteiger partial charge in [0.2, 0.25) is 0 Å². The van der Waals surface area contributed by atoms with Crippen LogP contribution in [-0.2, 0) is 6.42 Å². The average molecular weight is 328 g/mol. The molecule has 0 radical (unpaired) electrons. The summed E-state index contributed by atoms with van der Waals surface area (Å²) >= 11 is 9.44. The number of benzene rings is 2. The molecule has 2 aromatic carbocycles.